The summed E-state index contributed by atoms with van der Waals surface area (Å²) in [4.78, 5) is 0. The van der Waals surface area contributed by atoms with Crippen molar-refractivity contribution < 1.29 is 4.74 Å². The molecule has 1 heteroatoms. The summed E-state index contributed by atoms with van der Waals surface area (Å²) in [5, 5.41) is 0. The Hall–Kier alpha value is -0.0400. The van der Waals surface area contributed by atoms with E-state index in [9.17, 15) is 0 Å². The fourth-order valence-electron chi connectivity index (χ4n) is 3.60. The Morgan fingerprint density at radius 2 is 1.79 bits per heavy atom. The number of hydrogen-bond acceptors (Lipinski definition) is 1. The summed E-state index contributed by atoms with van der Waals surface area (Å²) in [7, 11) is 0. The number of hydrogen-bond donors (Lipinski definition) is 0. The predicted molar refractivity (Wildman–Crippen MR) is 59.2 cm³/mol. The minimum absolute atomic E-state index is 0.193. The Morgan fingerprint density at radius 1 is 1.14 bits per heavy atom. The van der Waals surface area contributed by atoms with Gasteiger partial charge in [-0.1, -0.05) is 27.7 Å². The summed E-state index contributed by atoms with van der Waals surface area (Å²) >= 11 is 0. The summed E-state index contributed by atoms with van der Waals surface area (Å²) in [5.41, 5.74) is 0.419. The van der Waals surface area contributed by atoms with Crippen LogP contribution in [0.25, 0.3) is 0 Å². The van der Waals surface area contributed by atoms with Crippen LogP contribution in [-0.4, -0.2) is 11.2 Å². The van der Waals surface area contributed by atoms with Gasteiger partial charge in [-0.2, -0.15) is 0 Å². The molecule has 0 aromatic rings. The van der Waals surface area contributed by atoms with Crippen molar-refractivity contribution in [3.8, 4) is 0 Å². The Bertz CT molecular complexity index is 233. The van der Waals surface area contributed by atoms with E-state index in [0.717, 1.165) is 11.8 Å². The fraction of sp³-hybridized carbons (Fsp3) is 1.00. The molecule has 2 aliphatic heterocycles. The van der Waals surface area contributed by atoms with Gasteiger partial charge in [0.15, 0.2) is 0 Å². The van der Waals surface area contributed by atoms with Crippen LogP contribution in [-0.2, 0) is 4.74 Å². The van der Waals surface area contributed by atoms with Gasteiger partial charge in [0.2, 0.25) is 0 Å². The van der Waals surface area contributed by atoms with Crippen LogP contribution in [0.15, 0.2) is 0 Å². The quantitative estimate of drug-likeness (QED) is 0.655. The van der Waals surface area contributed by atoms with Gasteiger partial charge < -0.3 is 4.74 Å². The summed E-state index contributed by atoms with van der Waals surface area (Å²) < 4.78 is 6.38. The van der Waals surface area contributed by atoms with E-state index in [-0.39, 0.29) is 11.2 Å². The van der Waals surface area contributed by atoms with Crippen LogP contribution in [0, 0.1) is 17.8 Å². The molecule has 2 rings (SSSR count). The molecule has 2 fully saturated rings. The second-order valence-corrected chi connectivity index (χ2v) is 6.19. The molecule has 2 heterocycles. The van der Waals surface area contributed by atoms with Crippen molar-refractivity contribution in [1.82, 2.24) is 0 Å². The highest BCUT2D eigenvalue weighted by Gasteiger charge is 2.60. The van der Waals surface area contributed by atoms with E-state index in [1.807, 2.05) is 0 Å². The lowest BCUT2D eigenvalue weighted by atomic mass is 9.67. The molecule has 3 unspecified atom stereocenters. The number of rotatable bonds is 2. The van der Waals surface area contributed by atoms with E-state index in [0.29, 0.717) is 5.92 Å². The first-order chi connectivity index (χ1) is 6.40. The van der Waals surface area contributed by atoms with Gasteiger partial charge in [-0.15, -0.1) is 0 Å². The van der Waals surface area contributed by atoms with Crippen LogP contribution in [0.4, 0.5) is 0 Å². The maximum Gasteiger partial charge on any atom is 0.0717 e. The maximum atomic E-state index is 6.38. The molecule has 0 spiro atoms. The predicted octanol–water partition coefficient (Wildman–Crippen LogP) is 3.63. The summed E-state index contributed by atoms with van der Waals surface area (Å²) in [6, 6.07) is 0. The number of ether oxygens (including phenoxy) is 1. The zero-order valence-electron chi connectivity index (χ0n) is 10.3. The Labute approximate surface area is 88.2 Å². The minimum Gasteiger partial charge on any atom is -0.368 e. The summed E-state index contributed by atoms with van der Waals surface area (Å²) in [5.74, 6) is 2.22. The molecule has 0 aliphatic carbocycles. The van der Waals surface area contributed by atoms with E-state index in [2.05, 4.69) is 34.6 Å². The third kappa shape index (κ3) is 1.25. The second-order valence-electron chi connectivity index (χ2n) is 6.19. The van der Waals surface area contributed by atoms with E-state index in [1.54, 1.807) is 0 Å². The van der Waals surface area contributed by atoms with E-state index >= 15 is 0 Å². The molecule has 1 nitrogen and oxygen atoms in total. The molecule has 0 aromatic heterocycles. The molecule has 0 amide bonds. The molecular formula is C13H24O. The van der Waals surface area contributed by atoms with Crippen LogP contribution in [0.3, 0.4) is 0 Å². The van der Waals surface area contributed by atoms with Crippen molar-refractivity contribution in [2.75, 3.05) is 0 Å². The van der Waals surface area contributed by atoms with Crippen LogP contribution >= 0.6 is 0 Å². The van der Waals surface area contributed by atoms with Gasteiger partial charge in [0.25, 0.3) is 0 Å². The van der Waals surface area contributed by atoms with Gasteiger partial charge in [0.1, 0.15) is 0 Å². The van der Waals surface area contributed by atoms with Crippen molar-refractivity contribution in [1.29, 1.82) is 0 Å². The monoisotopic (exact) mass is 196 g/mol. The van der Waals surface area contributed by atoms with Crippen molar-refractivity contribution in [3.63, 3.8) is 0 Å². The van der Waals surface area contributed by atoms with Crippen molar-refractivity contribution >= 4 is 0 Å². The molecule has 0 radical (unpaired) electrons. The largest absolute Gasteiger partial charge is 0.368 e. The van der Waals surface area contributed by atoms with Gasteiger partial charge in [-0.25, -0.2) is 0 Å². The topological polar surface area (TPSA) is 9.23 Å². The summed E-state index contributed by atoms with van der Waals surface area (Å²) in [6.07, 6.45) is 3.84. The number of fused-ring (bicyclic) bond motifs is 2. The Morgan fingerprint density at radius 3 is 2.14 bits per heavy atom. The minimum atomic E-state index is 0.193. The van der Waals surface area contributed by atoms with Crippen molar-refractivity contribution in [2.45, 2.75) is 65.1 Å². The van der Waals surface area contributed by atoms with E-state index < -0.39 is 0 Å². The molecule has 0 aromatic carbocycles. The summed E-state index contributed by atoms with van der Waals surface area (Å²) in [6.45, 7) is 11.6. The van der Waals surface area contributed by atoms with Crippen molar-refractivity contribution in [2.24, 2.45) is 17.8 Å². The molecule has 3 atom stereocenters. The maximum absolute atomic E-state index is 6.38. The molecular weight excluding hydrogens is 172 g/mol. The first-order valence-electron chi connectivity index (χ1n) is 6.10. The van der Waals surface area contributed by atoms with Gasteiger partial charge in [0.05, 0.1) is 11.2 Å². The molecule has 82 valence electrons. The van der Waals surface area contributed by atoms with Gasteiger partial charge in [-0.3, -0.25) is 0 Å². The standard InChI is InChI=1S/C13H24O/c1-9(2)11-8-13(10(3)4)7-6-12(11,5)14-13/h9-11H,6-8H2,1-5H3. The van der Waals surface area contributed by atoms with Gasteiger partial charge in [-0.05, 0) is 43.9 Å². The highest BCUT2D eigenvalue weighted by atomic mass is 16.5. The average Bonchev–Trinajstić information content (AvgIpc) is 2.55. The van der Waals surface area contributed by atoms with Gasteiger partial charge in [0, 0.05) is 0 Å². The fourth-order valence-corrected chi connectivity index (χ4v) is 3.60. The molecule has 14 heavy (non-hydrogen) atoms. The molecule has 2 aliphatic rings. The van der Waals surface area contributed by atoms with Crippen molar-refractivity contribution in [3.05, 3.63) is 0 Å². The molecule has 2 bridgehead atoms. The highest BCUT2D eigenvalue weighted by molar-refractivity contribution is 5.09. The SMILES string of the molecule is CC(C)C1CC2(C(C)C)CCC1(C)O2. The van der Waals surface area contributed by atoms with Crippen LogP contribution in [0.2, 0.25) is 0 Å². The Balaban J connectivity index is 2.24. The zero-order valence-corrected chi connectivity index (χ0v) is 10.3. The molecule has 0 N–H and O–H groups in total. The third-order valence-electron chi connectivity index (χ3n) is 4.69. The third-order valence-corrected chi connectivity index (χ3v) is 4.69. The average molecular weight is 196 g/mol. The highest BCUT2D eigenvalue weighted by Crippen LogP contribution is 2.58. The molecule has 2 saturated heterocycles. The lowest BCUT2D eigenvalue weighted by Gasteiger charge is -2.33. The normalized spacial score (nSPS) is 46.9. The first-order valence-corrected chi connectivity index (χ1v) is 6.10. The van der Waals surface area contributed by atoms with Crippen LogP contribution < -0.4 is 0 Å². The lowest BCUT2D eigenvalue weighted by molar-refractivity contribution is -0.0723. The van der Waals surface area contributed by atoms with E-state index in [1.165, 1.54) is 19.3 Å². The van der Waals surface area contributed by atoms with Crippen LogP contribution in [0.1, 0.15) is 53.9 Å². The molecule has 0 saturated carbocycles. The van der Waals surface area contributed by atoms with Gasteiger partial charge >= 0.3 is 0 Å². The smallest absolute Gasteiger partial charge is 0.0717 e. The van der Waals surface area contributed by atoms with Crippen LogP contribution in [0.5, 0.6) is 0 Å². The first kappa shape index (κ1) is 10.5. The van der Waals surface area contributed by atoms with E-state index in [4.69, 9.17) is 4.74 Å². The zero-order chi connectivity index (χ0) is 10.6. The lowest BCUT2D eigenvalue weighted by Crippen LogP contribution is -2.35. The Kier molecular flexibility index (Phi) is 2.23. The second kappa shape index (κ2) is 2.98.